The Balaban J connectivity index is 1.52. The highest BCUT2D eigenvalue weighted by molar-refractivity contribution is 8.01. The zero-order valence-electron chi connectivity index (χ0n) is 15.5. The quantitative estimate of drug-likeness (QED) is 0.623. The fourth-order valence-electron chi connectivity index (χ4n) is 2.64. The van der Waals surface area contributed by atoms with Crippen LogP contribution in [-0.4, -0.2) is 35.0 Å². The van der Waals surface area contributed by atoms with Crippen LogP contribution in [0.5, 0.6) is 0 Å². The lowest BCUT2D eigenvalue weighted by Crippen LogP contribution is -2.34. The number of primary amides is 1. The minimum absolute atomic E-state index is 0.157. The predicted molar refractivity (Wildman–Crippen MR) is 108 cm³/mol. The molecule has 150 valence electrons. The van der Waals surface area contributed by atoms with Crippen LogP contribution in [0.1, 0.15) is 23.7 Å². The van der Waals surface area contributed by atoms with Gasteiger partial charge in [0.25, 0.3) is 5.91 Å². The normalized spacial score (nSPS) is 16.2. The van der Waals surface area contributed by atoms with Gasteiger partial charge in [0.2, 0.25) is 11.8 Å². The summed E-state index contributed by atoms with van der Waals surface area (Å²) in [6, 6.07) is 13.3. The zero-order valence-corrected chi connectivity index (χ0v) is 16.3. The Morgan fingerprint density at radius 1 is 1.17 bits per heavy atom. The third-order valence-electron chi connectivity index (χ3n) is 4.17. The van der Waals surface area contributed by atoms with E-state index in [1.165, 1.54) is 43.0 Å². The van der Waals surface area contributed by atoms with Crippen molar-refractivity contribution in [3.8, 4) is 0 Å². The molecule has 0 aliphatic carbocycles. The summed E-state index contributed by atoms with van der Waals surface area (Å²) in [4.78, 5) is 48.5. The maximum Gasteiger partial charge on any atom is 0.308 e. The van der Waals surface area contributed by atoms with Crippen LogP contribution in [0.15, 0.2) is 53.4 Å². The summed E-state index contributed by atoms with van der Waals surface area (Å²) in [6.07, 6.45) is -1.21. The number of ether oxygens (including phenoxy) is 1. The van der Waals surface area contributed by atoms with E-state index in [-0.39, 0.29) is 12.3 Å². The Morgan fingerprint density at radius 3 is 2.55 bits per heavy atom. The molecule has 2 atom stereocenters. The van der Waals surface area contributed by atoms with Gasteiger partial charge in [0.1, 0.15) is 0 Å². The third kappa shape index (κ3) is 5.14. The van der Waals surface area contributed by atoms with Gasteiger partial charge in [-0.2, -0.15) is 0 Å². The number of thioether (sulfide) groups is 1. The smallest absolute Gasteiger partial charge is 0.308 e. The maximum atomic E-state index is 12.2. The second kappa shape index (κ2) is 8.78. The van der Waals surface area contributed by atoms with Gasteiger partial charge < -0.3 is 21.1 Å². The summed E-state index contributed by atoms with van der Waals surface area (Å²) in [5.41, 5.74) is 6.62. The maximum absolute atomic E-state index is 12.2. The van der Waals surface area contributed by atoms with E-state index in [1.807, 2.05) is 18.2 Å². The fourth-order valence-corrected chi connectivity index (χ4v) is 3.73. The van der Waals surface area contributed by atoms with Gasteiger partial charge in [0.15, 0.2) is 6.10 Å². The van der Waals surface area contributed by atoms with Gasteiger partial charge >= 0.3 is 5.97 Å². The van der Waals surface area contributed by atoms with Crippen LogP contribution in [0.3, 0.4) is 0 Å². The summed E-state index contributed by atoms with van der Waals surface area (Å²) in [6.45, 7) is 1.44. The van der Waals surface area contributed by atoms with Crippen molar-refractivity contribution in [2.45, 2.75) is 29.6 Å². The molecule has 29 heavy (non-hydrogen) atoms. The first-order valence-electron chi connectivity index (χ1n) is 8.80. The Morgan fingerprint density at radius 2 is 1.86 bits per heavy atom. The first kappa shape index (κ1) is 20.4. The predicted octanol–water partition coefficient (Wildman–Crippen LogP) is 2.16. The molecule has 2 aromatic rings. The standard InChI is InChI=1S/C20H19N3O5S/c1-11(19(26)22-13-8-6-12(7-9-13)18(21)25)28-17(24)10-16-20(27)23-14-4-2-3-5-15(14)29-16/h2-9,11,16H,10H2,1H3,(H2,21,25)(H,22,26)(H,23,27)/t11-,16+/m0/s1. The summed E-state index contributed by atoms with van der Waals surface area (Å²) in [5.74, 6) is -2.03. The van der Waals surface area contributed by atoms with Crippen molar-refractivity contribution in [3.05, 3.63) is 54.1 Å². The van der Waals surface area contributed by atoms with E-state index in [4.69, 9.17) is 10.5 Å². The molecule has 0 aromatic heterocycles. The van der Waals surface area contributed by atoms with Crippen molar-refractivity contribution in [2.24, 2.45) is 5.73 Å². The number of para-hydroxylation sites is 1. The van der Waals surface area contributed by atoms with Crippen LogP contribution >= 0.6 is 11.8 Å². The van der Waals surface area contributed by atoms with Gasteiger partial charge in [-0.25, -0.2) is 0 Å². The molecule has 0 saturated carbocycles. The van der Waals surface area contributed by atoms with Crippen LogP contribution in [0.25, 0.3) is 0 Å². The van der Waals surface area contributed by atoms with Crippen molar-refractivity contribution in [3.63, 3.8) is 0 Å². The monoisotopic (exact) mass is 413 g/mol. The first-order chi connectivity index (χ1) is 13.8. The largest absolute Gasteiger partial charge is 0.452 e. The second-order valence-corrected chi connectivity index (χ2v) is 7.60. The topological polar surface area (TPSA) is 128 Å². The number of esters is 1. The number of nitrogens with one attached hydrogen (secondary N) is 2. The number of benzene rings is 2. The Bertz CT molecular complexity index is 961. The molecule has 1 aliphatic heterocycles. The molecule has 0 spiro atoms. The SMILES string of the molecule is C[C@H](OC(=O)C[C@H]1Sc2ccccc2NC1=O)C(=O)Nc1ccc(C(N)=O)cc1. The molecule has 3 rings (SSSR count). The van der Waals surface area contributed by atoms with E-state index < -0.39 is 29.1 Å². The summed E-state index contributed by atoms with van der Waals surface area (Å²) >= 11 is 1.28. The summed E-state index contributed by atoms with van der Waals surface area (Å²) < 4.78 is 5.17. The van der Waals surface area contributed by atoms with E-state index in [9.17, 15) is 19.2 Å². The lowest BCUT2D eigenvalue weighted by molar-refractivity contribution is -0.153. The molecule has 9 heteroatoms. The van der Waals surface area contributed by atoms with Gasteiger partial charge in [0.05, 0.1) is 17.4 Å². The van der Waals surface area contributed by atoms with Crippen molar-refractivity contribution in [1.82, 2.24) is 0 Å². The van der Waals surface area contributed by atoms with Crippen molar-refractivity contribution in [2.75, 3.05) is 10.6 Å². The highest BCUT2D eigenvalue weighted by Crippen LogP contribution is 2.36. The molecule has 0 bridgehead atoms. The van der Waals surface area contributed by atoms with Gasteiger partial charge in [-0.15, -0.1) is 11.8 Å². The summed E-state index contributed by atoms with van der Waals surface area (Å²) in [5, 5.41) is 4.71. The number of nitrogens with two attached hydrogens (primary N) is 1. The average molecular weight is 413 g/mol. The van der Waals surface area contributed by atoms with Gasteiger partial charge in [-0.1, -0.05) is 12.1 Å². The number of hydrogen-bond donors (Lipinski definition) is 3. The molecule has 0 saturated heterocycles. The number of amides is 3. The minimum atomic E-state index is -1.05. The van der Waals surface area contributed by atoms with E-state index in [0.29, 0.717) is 16.9 Å². The fraction of sp³-hybridized carbons (Fsp3) is 0.200. The highest BCUT2D eigenvalue weighted by Gasteiger charge is 2.30. The number of anilines is 2. The van der Waals surface area contributed by atoms with Crippen LogP contribution in [0.2, 0.25) is 0 Å². The average Bonchev–Trinajstić information content (AvgIpc) is 2.68. The Kier molecular flexibility index (Phi) is 6.18. The van der Waals surface area contributed by atoms with Crippen LogP contribution in [0.4, 0.5) is 11.4 Å². The number of carbonyl (C=O) groups excluding carboxylic acids is 4. The van der Waals surface area contributed by atoms with Crippen LogP contribution in [-0.2, 0) is 19.1 Å². The molecular formula is C20H19N3O5S. The third-order valence-corrected chi connectivity index (χ3v) is 5.45. The van der Waals surface area contributed by atoms with Gasteiger partial charge in [0, 0.05) is 16.1 Å². The van der Waals surface area contributed by atoms with E-state index in [1.54, 1.807) is 6.07 Å². The Labute approximate surface area is 171 Å². The number of hydrogen-bond acceptors (Lipinski definition) is 6. The van der Waals surface area contributed by atoms with Gasteiger partial charge in [-0.3, -0.25) is 19.2 Å². The van der Waals surface area contributed by atoms with E-state index in [2.05, 4.69) is 10.6 Å². The van der Waals surface area contributed by atoms with E-state index >= 15 is 0 Å². The zero-order chi connectivity index (χ0) is 21.0. The van der Waals surface area contributed by atoms with Crippen molar-refractivity contribution in [1.29, 1.82) is 0 Å². The second-order valence-electron chi connectivity index (χ2n) is 6.36. The Hall–Kier alpha value is -3.33. The molecule has 0 fully saturated rings. The van der Waals surface area contributed by atoms with Crippen LogP contribution < -0.4 is 16.4 Å². The molecule has 2 aromatic carbocycles. The van der Waals surface area contributed by atoms with E-state index in [0.717, 1.165) is 4.90 Å². The molecule has 1 aliphatic rings. The minimum Gasteiger partial charge on any atom is -0.452 e. The molecular weight excluding hydrogens is 394 g/mol. The first-order valence-corrected chi connectivity index (χ1v) is 9.68. The lowest BCUT2D eigenvalue weighted by atomic mass is 10.2. The van der Waals surface area contributed by atoms with Gasteiger partial charge in [-0.05, 0) is 43.3 Å². The lowest BCUT2D eigenvalue weighted by Gasteiger charge is -2.23. The molecule has 3 amide bonds. The number of rotatable bonds is 6. The molecule has 0 radical (unpaired) electrons. The van der Waals surface area contributed by atoms with Crippen molar-refractivity contribution < 1.29 is 23.9 Å². The molecule has 0 unspecified atom stereocenters. The molecule has 8 nitrogen and oxygen atoms in total. The molecule has 4 N–H and O–H groups in total. The van der Waals surface area contributed by atoms with Crippen molar-refractivity contribution >= 4 is 46.8 Å². The molecule has 1 heterocycles. The van der Waals surface area contributed by atoms with Crippen LogP contribution in [0, 0.1) is 0 Å². The number of carbonyl (C=O) groups is 4. The summed E-state index contributed by atoms with van der Waals surface area (Å²) in [7, 11) is 0. The number of fused-ring (bicyclic) bond motifs is 1. The highest BCUT2D eigenvalue weighted by atomic mass is 32.2.